The topological polar surface area (TPSA) is 50.1 Å². The van der Waals surface area contributed by atoms with E-state index in [1.807, 2.05) is 6.07 Å². The molecule has 18 heavy (non-hydrogen) atoms. The zero-order valence-corrected chi connectivity index (χ0v) is 9.26. The van der Waals surface area contributed by atoms with Crippen LogP contribution in [0.3, 0.4) is 0 Å². The summed E-state index contributed by atoms with van der Waals surface area (Å²) in [5.74, 6) is -0.676. The van der Waals surface area contributed by atoms with Crippen LogP contribution in [0.1, 0.15) is 15.9 Å². The summed E-state index contributed by atoms with van der Waals surface area (Å²) in [5.41, 5.74) is 0.798. The second-order valence-corrected chi connectivity index (χ2v) is 3.53. The first-order valence-corrected chi connectivity index (χ1v) is 5.17. The van der Waals surface area contributed by atoms with E-state index >= 15 is 0 Å². The lowest BCUT2D eigenvalue weighted by molar-refractivity contribution is 0.0734. The average Bonchev–Trinajstić information content (AvgIpc) is 2.41. The maximum Gasteiger partial charge on any atom is 0.343 e. The maximum atomic E-state index is 12.7. The molecule has 0 aliphatic heterocycles. The predicted octanol–water partition coefficient (Wildman–Crippen LogP) is 2.92. The molecule has 2 aromatic rings. The summed E-state index contributed by atoms with van der Waals surface area (Å²) >= 11 is 0. The third-order valence-electron chi connectivity index (χ3n) is 2.27. The Hall–Kier alpha value is -2.67. The number of esters is 1. The van der Waals surface area contributed by atoms with E-state index in [1.54, 1.807) is 0 Å². The summed E-state index contributed by atoms with van der Waals surface area (Å²) in [7, 11) is 0. The molecule has 0 saturated carbocycles. The fraction of sp³-hybridized carbons (Fsp3) is 0. The van der Waals surface area contributed by atoms with Gasteiger partial charge in [0.05, 0.1) is 17.2 Å². The molecule has 0 amide bonds. The summed E-state index contributed by atoms with van der Waals surface area (Å²) in [4.78, 5) is 11.7. The Morgan fingerprint density at radius 1 is 1.06 bits per heavy atom. The van der Waals surface area contributed by atoms with Crippen molar-refractivity contribution in [3.8, 4) is 11.8 Å². The lowest BCUT2D eigenvalue weighted by atomic mass is 10.1. The number of ether oxygens (including phenoxy) is 1. The number of carbonyl (C=O) groups excluding carboxylic acids is 1. The smallest absolute Gasteiger partial charge is 0.343 e. The molecule has 0 aliphatic carbocycles. The highest BCUT2D eigenvalue weighted by Crippen LogP contribution is 2.13. The van der Waals surface area contributed by atoms with Crippen molar-refractivity contribution in [3.05, 3.63) is 65.5 Å². The number of rotatable bonds is 2. The third kappa shape index (κ3) is 2.71. The Kier molecular flexibility index (Phi) is 3.35. The van der Waals surface area contributed by atoms with Gasteiger partial charge in [0.2, 0.25) is 0 Å². The van der Waals surface area contributed by atoms with Gasteiger partial charge in [-0.15, -0.1) is 0 Å². The molecule has 3 nitrogen and oxygen atoms in total. The first kappa shape index (κ1) is 11.8. The molecule has 0 atom stereocenters. The highest BCUT2D eigenvalue weighted by Gasteiger charge is 2.08. The number of benzene rings is 2. The van der Waals surface area contributed by atoms with Crippen LogP contribution in [0.5, 0.6) is 5.75 Å². The summed E-state index contributed by atoms with van der Waals surface area (Å²) < 4.78 is 17.7. The summed E-state index contributed by atoms with van der Waals surface area (Å²) in [5, 5.41) is 8.63. The van der Waals surface area contributed by atoms with E-state index in [1.165, 1.54) is 48.5 Å². The van der Waals surface area contributed by atoms with Crippen molar-refractivity contribution in [2.24, 2.45) is 0 Å². The second kappa shape index (κ2) is 5.11. The van der Waals surface area contributed by atoms with Crippen LogP contribution in [-0.2, 0) is 0 Å². The van der Waals surface area contributed by atoms with Crippen LogP contribution >= 0.6 is 0 Å². The second-order valence-electron chi connectivity index (χ2n) is 3.53. The van der Waals surface area contributed by atoms with Crippen LogP contribution in [0.15, 0.2) is 48.5 Å². The zero-order valence-electron chi connectivity index (χ0n) is 9.26. The Morgan fingerprint density at radius 3 is 2.22 bits per heavy atom. The molecule has 0 fully saturated rings. The van der Waals surface area contributed by atoms with Gasteiger partial charge >= 0.3 is 5.97 Å². The van der Waals surface area contributed by atoms with Crippen LogP contribution in [0, 0.1) is 17.1 Å². The monoisotopic (exact) mass is 241 g/mol. The predicted molar refractivity (Wildman–Crippen MR) is 62.5 cm³/mol. The minimum absolute atomic E-state index is 0.269. The first-order chi connectivity index (χ1) is 8.69. The number of nitrogens with zero attached hydrogens (tertiary/aromatic N) is 1. The normalized spacial score (nSPS) is 9.56. The van der Waals surface area contributed by atoms with Gasteiger partial charge in [0, 0.05) is 0 Å². The van der Waals surface area contributed by atoms with Crippen LogP contribution in [0.2, 0.25) is 0 Å². The molecule has 0 bridgehead atoms. The quantitative estimate of drug-likeness (QED) is 0.600. The Bertz CT molecular complexity index is 597. The van der Waals surface area contributed by atoms with Crippen molar-refractivity contribution < 1.29 is 13.9 Å². The Balaban J connectivity index is 2.12. The van der Waals surface area contributed by atoms with Gasteiger partial charge in [-0.25, -0.2) is 9.18 Å². The SMILES string of the molecule is N#Cc1ccc(C(=O)Oc2ccc(F)cc2)cc1. The molecular formula is C14H8FNO2. The third-order valence-corrected chi connectivity index (χ3v) is 2.27. The van der Waals surface area contributed by atoms with Gasteiger partial charge in [0.25, 0.3) is 0 Å². The van der Waals surface area contributed by atoms with Gasteiger partial charge in [-0.2, -0.15) is 5.26 Å². The molecule has 0 spiro atoms. The fourth-order valence-corrected chi connectivity index (χ4v) is 1.35. The largest absolute Gasteiger partial charge is 0.423 e. The van der Waals surface area contributed by atoms with E-state index in [4.69, 9.17) is 10.00 Å². The lowest BCUT2D eigenvalue weighted by Crippen LogP contribution is -2.08. The molecule has 0 radical (unpaired) electrons. The van der Waals surface area contributed by atoms with Crippen LogP contribution in [0.25, 0.3) is 0 Å². The average molecular weight is 241 g/mol. The molecule has 4 heteroatoms. The van der Waals surface area contributed by atoms with Gasteiger partial charge in [0.1, 0.15) is 11.6 Å². The van der Waals surface area contributed by atoms with Gasteiger partial charge in [-0.1, -0.05) is 0 Å². The van der Waals surface area contributed by atoms with Gasteiger partial charge < -0.3 is 4.74 Å². The van der Waals surface area contributed by atoms with E-state index in [-0.39, 0.29) is 5.75 Å². The molecule has 2 aromatic carbocycles. The Labute approximate surface area is 103 Å². The van der Waals surface area contributed by atoms with Crippen LogP contribution in [0.4, 0.5) is 4.39 Å². The number of hydrogen-bond acceptors (Lipinski definition) is 3. The summed E-state index contributed by atoms with van der Waals surface area (Å²) in [6.07, 6.45) is 0. The highest BCUT2D eigenvalue weighted by molar-refractivity contribution is 5.91. The van der Waals surface area contributed by atoms with E-state index in [0.717, 1.165) is 0 Å². The molecule has 88 valence electrons. The summed E-state index contributed by atoms with van der Waals surface area (Å²) in [6, 6.07) is 13.2. The lowest BCUT2D eigenvalue weighted by Gasteiger charge is -2.03. The van der Waals surface area contributed by atoms with E-state index < -0.39 is 11.8 Å². The van der Waals surface area contributed by atoms with Crippen LogP contribution < -0.4 is 4.74 Å². The number of nitriles is 1. The van der Waals surface area contributed by atoms with E-state index in [2.05, 4.69) is 0 Å². The molecule has 0 saturated heterocycles. The molecule has 0 aromatic heterocycles. The van der Waals surface area contributed by atoms with Crippen molar-refractivity contribution in [3.63, 3.8) is 0 Å². The van der Waals surface area contributed by atoms with E-state index in [0.29, 0.717) is 11.1 Å². The standard InChI is InChI=1S/C14H8FNO2/c15-12-5-7-13(8-6-12)18-14(17)11-3-1-10(9-16)2-4-11/h1-8H. The number of hydrogen-bond donors (Lipinski definition) is 0. The molecule has 0 unspecified atom stereocenters. The highest BCUT2D eigenvalue weighted by atomic mass is 19.1. The first-order valence-electron chi connectivity index (χ1n) is 5.17. The van der Waals surface area contributed by atoms with Crippen molar-refractivity contribution in [2.45, 2.75) is 0 Å². The van der Waals surface area contributed by atoms with Gasteiger partial charge in [-0.05, 0) is 48.5 Å². The van der Waals surface area contributed by atoms with Crippen molar-refractivity contribution in [1.29, 1.82) is 5.26 Å². The van der Waals surface area contributed by atoms with E-state index in [9.17, 15) is 9.18 Å². The van der Waals surface area contributed by atoms with Crippen molar-refractivity contribution in [2.75, 3.05) is 0 Å². The fourth-order valence-electron chi connectivity index (χ4n) is 1.35. The molecule has 0 N–H and O–H groups in total. The van der Waals surface area contributed by atoms with Gasteiger partial charge in [0.15, 0.2) is 0 Å². The van der Waals surface area contributed by atoms with Crippen LogP contribution in [-0.4, -0.2) is 5.97 Å². The molecule has 2 rings (SSSR count). The zero-order chi connectivity index (χ0) is 13.0. The molecular weight excluding hydrogens is 233 g/mol. The molecule has 0 heterocycles. The molecule has 0 aliphatic rings. The number of carbonyl (C=O) groups is 1. The summed E-state index contributed by atoms with van der Waals surface area (Å²) in [6.45, 7) is 0. The van der Waals surface area contributed by atoms with Gasteiger partial charge in [-0.3, -0.25) is 0 Å². The maximum absolute atomic E-state index is 12.7. The number of halogens is 1. The Morgan fingerprint density at radius 2 is 1.67 bits per heavy atom. The van der Waals surface area contributed by atoms with Crippen molar-refractivity contribution >= 4 is 5.97 Å². The minimum Gasteiger partial charge on any atom is -0.423 e. The minimum atomic E-state index is -0.550. The van der Waals surface area contributed by atoms with Crippen molar-refractivity contribution in [1.82, 2.24) is 0 Å².